The molecule has 0 radical (unpaired) electrons. The van der Waals surface area contributed by atoms with E-state index in [9.17, 15) is 27.6 Å². The maximum atomic E-state index is 12.5. The van der Waals surface area contributed by atoms with E-state index in [1.54, 1.807) is 12.4 Å². The van der Waals surface area contributed by atoms with Gasteiger partial charge in [-0.1, -0.05) is 6.07 Å². The van der Waals surface area contributed by atoms with Gasteiger partial charge in [0.15, 0.2) is 0 Å². The fourth-order valence-electron chi connectivity index (χ4n) is 4.06. The summed E-state index contributed by atoms with van der Waals surface area (Å²) in [6, 6.07) is 3.88. The molecule has 2 aliphatic rings. The maximum absolute atomic E-state index is 12.5. The van der Waals surface area contributed by atoms with Gasteiger partial charge >= 0.3 is 12.1 Å². The zero-order valence-corrected chi connectivity index (χ0v) is 18.2. The molecule has 1 spiro atoms. The first-order valence-corrected chi connectivity index (χ1v) is 10.5. The zero-order valence-electron chi connectivity index (χ0n) is 18.2. The minimum absolute atomic E-state index is 0.0423. The van der Waals surface area contributed by atoms with E-state index < -0.39 is 12.1 Å². The van der Waals surface area contributed by atoms with Gasteiger partial charge in [-0.3, -0.25) is 19.4 Å². The Labute approximate surface area is 188 Å². The third-order valence-electron chi connectivity index (χ3n) is 5.74. The molecule has 2 N–H and O–H groups in total. The van der Waals surface area contributed by atoms with Crippen molar-refractivity contribution in [3.8, 4) is 0 Å². The average Bonchev–Trinajstić information content (AvgIpc) is 2.91. The Bertz CT molecular complexity index is 865. The third-order valence-corrected chi connectivity index (χ3v) is 5.74. The summed E-state index contributed by atoms with van der Waals surface area (Å²) in [5.74, 6) is -2.83. The lowest BCUT2D eigenvalue weighted by atomic mass is 9.87. The van der Waals surface area contributed by atoms with Gasteiger partial charge < -0.3 is 20.2 Å². The highest BCUT2D eigenvalue weighted by atomic mass is 19.4. The molecule has 3 rings (SSSR count). The first-order valence-electron chi connectivity index (χ1n) is 10.5. The molecule has 33 heavy (non-hydrogen) atoms. The van der Waals surface area contributed by atoms with Gasteiger partial charge in [-0.2, -0.15) is 13.2 Å². The van der Waals surface area contributed by atoms with Gasteiger partial charge in [-0.15, -0.1) is 0 Å². The number of likely N-dealkylation sites (tertiary alicyclic amines) is 2. The number of hydrogen-bond acceptors (Lipinski definition) is 5. The van der Waals surface area contributed by atoms with Crippen LogP contribution in [0.25, 0.3) is 0 Å². The lowest BCUT2D eigenvalue weighted by Gasteiger charge is -2.38. The van der Waals surface area contributed by atoms with E-state index in [0.29, 0.717) is 26.1 Å². The number of halogens is 3. The Morgan fingerprint density at radius 3 is 2.48 bits per heavy atom. The van der Waals surface area contributed by atoms with Crippen LogP contribution >= 0.6 is 0 Å². The summed E-state index contributed by atoms with van der Waals surface area (Å²) < 4.78 is 31.7. The van der Waals surface area contributed by atoms with Crippen LogP contribution in [0.5, 0.6) is 0 Å². The maximum Gasteiger partial charge on any atom is 0.490 e. The summed E-state index contributed by atoms with van der Waals surface area (Å²) in [6.45, 7) is 3.32. The molecule has 9 nitrogen and oxygen atoms in total. The second-order valence-electron chi connectivity index (χ2n) is 8.01. The number of amides is 3. The summed E-state index contributed by atoms with van der Waals surface area (Å²) >= 11 is 0. The Morgan fingerprint density at radius 1 is 1.21 bits per heavy atom. The predicted molar refractivity (Wildman–Crippen MR) is 110 cm³/mol. The van der Waals surface area contributed by atoms with Crippen LogP contribution in [-0.4, -0.2) is 74.9 Å². The van der Waals surface area contributed by atoms with E-state index in [1.807, 2.05) is 21.9 Å². The van der Waals surface area contributed by atoms with Crippen molar-refractivity contribution in [3.63, 3.8) is 0 Å². The summed E-state index contributed by atoms with van der Waals surface area (Å²) in [5, 5.41) is 9.70. The van der Waals surface area contributed by atoms with E-state index in [0.717, 1.165) is 31.2 Å². The Balaban J connectivity index is 0.000000479. The number of pyridine rings is 1. The number of hydrogen-bond donors (Lipinski definition) is 2. The van der Waals surface area contributed by atoms with Crippen LogP contribution in [0, 0.1) is 0 Å². The van der Waals surface area contributed by atoms with Crippen LogP contribution in [0.15, 0.2) is 24.5 Å². The number of carboxylic acid groups (broad SMARTS) is 1. The van der Waals surface area contributed by atoms with Gasteiger partial charge in [0.05, 0.1) is 6.54 Å². The van der Waals surface area contributed by atoms with Crippen LogP contribution in [0.3, 0.4) is 0 Å². The van der Waals surface area contributed by atoms with Crippen LogP contribution in [0.1, 0.15) is 44.6 Å². The van der Waals surface area contributed by atoms with E-state index in [-0.39, 0.29) is 29.8 Å². The monoisotopic (exact) mass is 472 g/mol. The largest absolute Gasteiger partial charge is 0.490 e. The van der Waals surface area contributed by atoms with E-state index >= 15 is 0 Å². The summed E-state index contributed by atoms with van der Waals surface area (Å²) in [5.41, 5.74) is 0.862. The molecular formula is C21H27F3N4O5. The van der Waals surface area contributed by atoms with Crippen LogP contribution in [-0.2, 0) is 25.7 Å². The molecule has 2 saturated heterocycles. The summed E-state index contributed by atoms with van der Waals surface area (Å²) in [7, 11) is 0. The molecule has 0 bridgehead atoms. The minimum Gasteiger partial charge on any atom is -0.475 e. The zero-order chi connectivity index (χ0) is 24.6. The van der Waals surface area contributed by atoms with Gasteiger partial charge in [0, 0.05) is 50.9 Å². The van der Waals surface area contributed by atoms with Crippen molar-refractivity contribution in [2.24, 2.45) is 0 Å². The number of aliphatic carboxylic acids is 1. The van der Waals surface area contributed by atoms with Crippen molar-refractivity contribution in [1.29, 1.82) is 0 Å². The second kappa shape index (κ2) is 11.1. The van der Waals surface area contributed by atoms with Crippen molar-refractivity contribution < 1.29 is 37.5 Å². The van der Waals surface area contributed by atoms with Crippen molar-refractivity contribution >= 4 is 23.7 Å². The fourth-order valence-corrected chi connectivity index (χ4v) is 4.06. The molecule has 2 aliphatic heterocycles. The molecule has 3 heterocycles. The predicted octanol–water partition coefficient (Wildman–Crippen LogP) is 1.72. The summed E-state index contributed by atoms with van der Waals surface area (Å²) in [4.78, 5) is 52.7. The summed E-state index contributed by atoms with van der Waals surface area (Å²) in [6.07, 6.45) is 2.42. The minimum atomic E-state index is -5.08. The molecule has 1 unspecified atom stereocenters. The first-order chi connectivity index (χ1) is 15.4. The number of aromatic nitrogens is 1. The fraction of sp³-hybridized carbons (Fsp3) is 0.571. The van der Waals surface area contributed by atoms with Crippen molar-refractivity contribution in [3.05, 3.63) is 30.1 Å². The van der Waals surface area contributed by atoms with Crippen molar-refractivity contribution in [1.82, 2.24) is 20.1 Å². The van der Waals surface area contributed by atoms with E-state index in [4.69, 9.17) is 9.90 Å². The number of carbonyl (C=O) groups is 4. The molecule has 0 aliphatic carbocycles. The van der Waals surface area contributed by atoms with Crippen molar-refractivity contribution in [2.45, 2.75) is 57.3 Å². The number of carboxylic acids is 1. The molecule has 0 saturated carbocycles. The normalized spacial score (nSPS) is 20.7. The van der Waals surface area contributed by atoms with Crippen LogP contribution < -0.4 is 5.32 Å². The lowest BCUT2D eigenvalue weighted by molar-refractivity contribution is -0.192. The van der Waals surface area contributed by atoms with Crippen LogP contribution in [0.4, 0.5) is 13.2 Å². The van der Waals surface area contributed by atoms with E-state index in [2.05, 4.69) is 10.3 Å². The molecule has 182 valence electrons. The molecule has 1 atom stereocenters. The highest BCUT2D eigenvalue weighted by molar-refractivity contribution is 5.84. The SMILES string of the molecule is CC(=O)NCC(=O)N1CCCC2(CCC(=O)N2Cc2cccnc2)CC1.O=C(O)C(F)(F)F. The third kappa shape index (κ3) is 7.43. The molecule has 0 aromatic carbocycles. The smallest absolute Gasteiger partial charge is 0.475 e. The Hall–Kier alpha value is -3.18. The number of alkyl halides is 3. The highest BCUT2D eigenvalue weighted by Gasteiger charge is 2.45. The Morgan fingerprint density at radius 2 is 1.91 bits per heavy atom. The first kappa shape index (κ1) is 26.1. The standard InChI is InChI=1S/C19H26N4O3.C2HF3O2/c1-15(24)21-13-18(26)22-10-3-6-19(8-11-22)7-5-17(25)23(19)14-16-4-2-9-20-12-16;3-2(4,5)1(6)7/h2,4,9,12H,3,5-8,10-11,13-14H2,1H3,(H,21,24);(H,6,7). The average molecular weight is 472 g/mol. The van der Waals surface area contributed by atoms with E-state index in [1.165, 1.54) is 6.92 Å². The molecular weight excluding hydrogens is 445 g/mol. The number of carbonyl (C=O) groups excluding carboxylic acids is 3. The molecule has 1 aromatic heterocycles. The van der Waals surface area contributed by atoms with Crippen LogP contribution in [0.2, 0.25) is 0 Å². The van der Waals surface area contributed by atoms with Gasteiger partial charge in [0.1, 0.15) is 0 Å². The number of nitrogens with zero attached hydrogens (tertiary/aromatic N) is 3. The number of nitrogens with one attached hydrogen (secondary N) is 1. The molecule has 1 aromatic rings. The quantitative estimate of drug-likeness (QED) is 0.689. The van der Waals surface area contributed by atoms with Gasteiger partial charge in [-0.25, -0.2) is 4.79 Å². The molecule has 2 fully saturated rings. The van der Waals surface area contributed by atoms with Gasteiger partial charge in [0.2, 0.25) is 17.7 Å². The Kier molecular flexibility index (Phi) is 8.77. The van der Waals surface area contributed by atoms with Gasteiger partial charge in [0.25, 0.3) is 0 Å². The number of rotatable bonds is 4. The molecule has 3 amide bonds. The lowest BCUT2D eigenvalue weighted by Crippen LogP contribution is -2.46. The molecule has 12 heteroatoms. The highest BCUT2D eigenvalue weighted by Crippen LogP contribution is 2.40. The van der Waals surface area contributed by atoms with Crippen molar-refractivity contribution in [2.75, 3.05) is 19.6 Å². The second-order valence-corrected chi connectivity index (χ2v) is 8.01. The topological polar surface area (TPSA) is 120 Å². The van der Waals surface area contributed by atoms with Gasteiger partial charge in [-0.05, 0) is 37.3 Å².